The number of aryl methyl sites for hydroxylation is 2. The van der Waals surface area contributed by atoms with Gasteiger partial charge >= 0.3 is 0 Å². The standard InChI is InChI=1S/C30H34N4O2/c1-20-9-8-14-25(21(20)2)32-15-17-33(18-16-32)29(35)24-19-34(22-10-4-5-11-22)30(36)28-27(24)23-12-6-7-13-26(23)31(28)3/h6-9,12-14,19,22H,4-5,10-11,15-18H2,1-3H3. The zero-order valence-electron chi connectivity index (χ0n) is 21.5. The van der Waals surface area contributed by atoms with E-state index in [0.717, 1.165) is 55.1 Å². The van der Waals surface area contributed by atoms with Crippen LogP contribution in [0.4, 0.5) is 5.69 Å². The second-order valence-electron chi connectivity index (χ2n) is 10.5. The first-order valence-corrected chi connectivity index (χ1v) is 13.2. The van der Waals surface area contributed by atoms with Crippen LogP contribution < -0.4 is 10.5 Å². The Morgan fingerprint density at radius 2 is 1.64 bits per heavy atom. The third-order valence-electron chi connectivity index (χ3n) is 8.51. The van der Waals surface area contributed by atoms with Crippen molar-refractivity contribution in [2.45, 2.75) is 45.6 Å². The molecule has 2 aliphatic rings. The molecular weight excluding hydrogens is 448 g/mol. The average molecular weight is 483 g/mol. The lowest BCUT2D eigenvalue weighted by Crippen LogP contribution is -2.49. The zero-order chi connectivity index (χ0) is 25.0. The molecule has 0 radical (unpaired) electrons. The number of piperazine rings is 1. The molecule has 1 saturated carbocycles. The maximum absolute atomic E-state index is 14.1. The number of amides is 1. The van der Waals surface area contributed by atoms with Crippen LogP contribution in [0.3, 0.4) is 0 Å². The minimum atomic E-state index is 0.0203. The number of hydrogen-bond donors (Lipinski definition) is 0. The summed E-state index contributed by atoms with van der Waals surface area (Å²) in [6.07, 6.45) is 6.14. The second kappa shape index (κ2) is 8.84. The third-order valence-corrected chi connectivity index (χ3v) is 8.51. The van der Waals surface area contributed by atoms with E-state index in [1.807, 2.05) is 51.5 Å². The Labute approximate surface area is 211 Å². The van der Waals surface area contributed by atoms with Gasteiger partial charge in [0.25, 0.3) is 11.5 Å². The van der Waals surface area contributed by atoms with Gasteiger partial charge < -0.3 is 18.9 Å². The molecule has 0 bridgehead atoms. The number of carbonyl (C=O) groups is 1. The number of benzene rings is 2. The van der Waals surface area contributed by atoms with Crippen LogP contribution >= 0.6 is 0 Å². The molecule has 2 fully saturated rings. The Morgan fingerprint density at radius 3 is 2.39 bits per heavy atom. The molecule has 1 amide bonds. The molecule has 2 aromatic heterocycles. The molecule has 1 saturated heterocycles. The summed E-state index contributed by atoms with van der Waals surface area (Å²) in [5.41, 5.74) is 6.16. The second-order valence-corrected chi connectivity index (χ2v) is 10.5. The van der Waals surface area contributed by atoms with Crippen molar-refractivity contribution in [3.05, 3.63) is 75.7 Å². The summed E-state index contributed by atoms with van der Waals surface area (Å²) >= 11 is 0. The molecule has 1 aliphatic carbocycles. The van der Waals surface area contributed by atoms with Crippen molar-refractivity contribution in [1.82, 2.24) is 14.0 Å². The van der Waals surface area contributed by atoms with E-state index < -0.39 is 0 Å². The van der Waals surface area contributed by atoms with E-state index in [2.05, 4.69) is 36.9 Å². The number of aromatic nitrogens is 2. The summed E-state index contributed by atoms with van der Waals surface area (Å²) in [4.78, 5) is 32.2. The quantitative estimate of drug-likeness (QED) is 0.404. The van der Waals surface area contributed by atoms with Gasteiger partial charge in [0.2, 0.25) is 0 Å². The normalized spacial score (nSPS) is 17.0. The molecule has 6 heteroatoms. The number of anilines is 1. The molecule has 6 nitrogen and oxygen atoms in total. The minimum absolute atomic E-state index is 0.0203. The van der Waals surface area contributed by atoms with Crippen molar-refractivity contribution in [3.8, 4) is 0 Å². The lowest BCUT2D eigenvalue weighted by molar-refractivity contribution is 0.0747. The summed E-state index contributed by atoms with van der Waals surface area (Å²) in [5.74, 6) is 0.0312. The van der Waals surface area contributed by atoms with Gasteiger partial charge in [-0.05, 0) is 49.9 Å². The smallest absolute Gasteiger partial charge is 0.275 e. The highest BCUT2D eigenvalue weighted by Crippen LogP contribution is 2.34. The van der Waals surface area contributed by atoms with Crippen LogP contribution in [0.25, 0.3) is 21.8 Å². The number of pyridine rings is 1. The third kappa shape index (κ3) is 3.54. The number of rotatable bonds is 3. The molecule has 4 aromatic rings. The average Bonchev–Trinajstić information content (AvgIpc) is 3.53. The van der Waals surface area contributed by atoms with Gasteiger partial charge in [0.15, 0.2) is 0 Å². The van der Waals surface area contributed by atoms with Gasteiger partial charge in [-0.15, -0.1) is 0 Å². The first-order chi connectivity index (χ1) is 17.5. The van der Waals surface area contributed by atoms with E-state index in [1.54, 1.807) is 0 Å². The molecule has 0 spiro atoms. The van der Waals surface area contributed by atoms with E-state index in [4.69, 9.17) is 0 Å². The first kappa shape index (κ1) is 22.9. The molecule has 36 heavy (non-hydrogen) atoms. The molecule has 0 N–H and O–H groups in total. The van der Waals surface area contributed by atoms with Crippen molar-refractivity contribution < 1.29 is 4.79 Å². The summed E-state index contributed by atoms with van der Waals surface area (Å²) in [7, 11) is 1.95. The molecule has 6 rings (SSSR count). The van der Waals surface area contributed by atoms with Crippen molar-refractivity contribution in [3.63, 3.8) is 0 Å². The predicted molar refractivity (Wildman–Crippen MR) is 146 cm³/mol. The Balaban J connectivity index is 1.41. The molecule has 0 unspecified atom stereocenters. The Kier molecular flexibility index (Phi) is 5.62. The monoisotopic (exact) mass is 482 g/mol. The number of nitrogens with zero attached hydrogens (tertiary/aromatic N) is 4. The van der Waals surface area contributed by atoms with Gasteiger partial charge in [-0.25, -0.2) is 0 Å². The van der Waals surface area contributed by atoms with Crippen LogP contribution in [0, 0.1) is 13.8 Å². The van der Waals surface area contributed by atoms with Crippen molar-refractivity contribution in [2.75, 3.05) is 31.1 Å². The molecule has 3 heterocycles. The van der Waals surface area contributed by atoms with Crippen molar-refractivity contribution >= 4 is 33.4 Å². The van der Waals surface area contributed by atoms with Crippen LogP contribution in [0.2, 0.25) is 0 Å². The van der Waals surface area contributed by atoms with Crippen molar-refractivity contribution in [2.24, 2.45) is 7.05 Å². The summed E-state index contributed by atoms with van der Waals surface area (Å²) in [5, 5.41) is 1.78. The van der Waals surface area contributed by atoms with Gasteiger partial charge in [-0.2, -0.15) is 0 Å². The van der Waals surface area contributed by atoms with E-state index in [0.29, 0.717) is 24.2 Å². The Hall–Kier alpha value is -3.54. The Morgan fingerprint density at radius 1 is 0.917 bits per heavy atom. The zero-order valence-corrected chi connectivity index (χ0v) is 21.5. The maximum atomic E-state index is 14.1. The minimum Gasteiger partial charge on any atom is -0.368 e. The van der Waals surface area contributed by atoms with E-state index in [1.165, 1.54) is 16.8 Å². The molecule has 186 valence electrons. The van der Waals surface area contributed by atoms with Gasteiger partial charge in [-0.1, -0.05) is 43.2 Å². The van der Waals surface area contributed by atoms with E-state index in [9.17, 15) is 9.59 Å². The summed E-state index contributed by atoms with van der Waals surface area (Å²) < 4.78 is 3.85. The van der Waals surface area contributed by atoms with Crippen LogP contribution in [0.5, 0.6) is 0 Å². The lowest BCUT2D eigenvalue weighted by Gasteiger charge is -2.37. The fourth-order valence-corrected chi connectivity index (χ4v) is 6.32. The number of carbonyl (C=O) groups excluding carboxylic acids is 1. The lowest BCUT2D eigenvalue weighted by atomic mass is 10.1. The summed E-state index contributed by atoms with van der Waals surface area (Å²) in [6.45, 7) is 7.26. The van der Waals surface area contributed by atoms with Crippen LogP contribution in [0.15, 0.2) is 53.5 Å². The van der Waals surface area contributed by atoms with Gasteiger partial charge in [0.1, 0.15) is 5.52 Å². The highest BCUT2D eigenvalue weighted by Gasteiger charge is 2.29. The Bertz CT molecular complexity index is 1530. The van der Waals surface area contributed by atoms with Crippen molar-refractivity contribution in [1.29, 1.82) is 0 Å². The maximum Gasteiger partial charge on any atom is 0.275 e. The predicted octanol–water partition coefficient (Wildman–Crippen LogP) is 5.19. The van der Waals surface area contributed by atoms with Crippen LogP contribution in [-0.2, 0) is 7.05 Å². The number of fused-ring (bicyclic) bond motifs is 3. The molecule has 2 aromatic carbocycles. The highest BCUT2D eigenvalue weighted by molar-refractivity contribution is 6.17. The molecular formula is C30H34N4O2. The van der Waals surface area contributed by atoms with Crippen LogP contribution in [0.1, 0.15) is 53.2 Å². The summed E-state index contributed by atoms with van der Waals surface area (Å²) in [6, 6.07) is 14.7. The number of hydrogen-bond acceptors (Lipinski definition) is 3. The number of para-hydroxylation sites is 1. The van der Waals surface area contributed by atoms with Gasteiger partial charge in [-0.3, -0.25) is 9.59 Å². The van der Waals surface area contributed by atoms with Crippen LogP contribution in [-0.4, -0.2) is 46.1 Å². The molecule has 1 aliphatic heterocycles. The highest BCUT2D eigenvalue weighted by atomic mass is 16.2. The SMILES string of the molecule is Cc1cccc(N2CCN(C(=O)c3cn(C4CCCC4)c(=O)c4c3c3ccccc3n4C)CC2)c1C. The topological polar surface area (TPSA) is 50.5 Å². The van der Waals surface area contributed by atoms with E-state index >= 15 is 0 Å². The largest absolute Gasteiger partial charge is 0.368 e. The van der Waals surface area contributed by atoms with Gasteiger partial charge in [0, 0.05) is 67.4 Å². The fraction of sp³-hybridized carbons (Fsp3) is 0.400. The van der Waals surface area contributed by atoms with Gasteiger partial charge in [0.05, 0.1) is 5.56 Å². The fourth-order valence-electron chi connectivity index (χ4n) is 6.32. The van der Waals surface area contributed by atoms with E-state index in [-0.39, 0.29) is 17.5 Å². The first-order valence-electron chi connectivity index (χ1n) is 13.2. The molecule has 0 atom stereocenters.